The fraction of sp³-hybridized carbons (Fsp3) is 0. The molecule has 0 saturated heterocycles. The van der Waals surface area contributed by atoms with Crippen LogP contribution in [0.15, 0.2) is 146 Å². The van der Waals surface area contributed by atoms with Crippen LogP contribution in [0.25, 0.3) is 20.2 Å². The van der Waals surface area contributed by atoms with E-state index in [1.807, 2.05) is 22.7 Å². The monoisotopic (exact) mass is 524 g/mol. The molecule has 0 fully saturated rings. The first-order chi connectivity index (χ1) is 18.8. The van der Waals surface area contributed by atoms with E-state index in [1.165, 1.54) is 30.2 Å². The number of thiophene rings is 2. The Labute approximate surface area is 230 Å². The fourth-order valence-electron chi connectivity index (χ4n) is 4.90. The van der Waals surface area contributed by atoms with Crippen molar-refractivity contribution < 1.29 is 0 Å². The number of nitrogens with zero attached hydrogens (tertiary/aromatic N) is 2. The molecule has 182 valence electrons. The quantitative estimate of drug-likeness (QED) is 0.213. The summed E-state index contributed by atoms with van der Waals surface area (Å²) in [5, 5.41) is 4.97. The van der Waals surface area contributed by atoms with Crippen molar-refractivity contribution in [1.82, 2.24) is 0 Å². The number of benzene rings is 5. The van der Waals surface area contributed by atoms with Gasteiger partial charge in [-0.1, -0.05) is 84.9 Å². The van der Waals surface area contributed by atoms with Crippen LogP contribution in [-0.4, -0.2) is 0 Å². The molecule has 7 rings (SSSR count). The van der Waals surface area contributed by atoms with Gasteiger partial charge in [0.25, 0.3) is 0 Å². The molecule has 0 N–H and O–H groups in total. The van der Waals surface area contributed by atoms with Crippen molar-refractivity contribution in [2.24, 2.45) is 0 Å². The molecule has 0 atom stereocenters. The maximum Gasteiger partial charge on any atom is 0.101 e. The molecule has 5 aromatic carbocycles. The summed E-state index contributed by atoms with van der Waals surface area (Å²) < 4.78 is 2.65. The van der Waals surface area contributed by atoms with E-state index < -0.39 is 0 Å². The average molecular weight is 525 g/mol. The molecule has 38 heavy (non-hydrogen) atoms. The zero-order valence-corrected chi connectivity index (χ0v) is 22.2. The normalized spacial score (nSPS) is 11.2. The lowest BCUT2D eigenvalue weighted by atomic mass is 10.2. The summed E-state index contributed by atoms with van der Waals surface area (Å²) in [6.45, 7) is 0. The Kier molecular flexibility index (Phi) is 5.89. The van der Waals surface area contributed by atoms with E-state index in [2.05, 4.69) is 155 Å². The smallest absolute Gasteiger partial charge is 0.101 e. The minimum atomic E-state index is 1.16. The Hall–Kier alpha value is -4.38. The molecule has 2 nitrogen and oxygen atoms in total. The zero-order valence-electron chi connectivity index (χ0n) is 20.6. The SMILES string of the molecule is c1ccc(N(c2ccccc2)c2cc3ccc4cc(N(c5ccccc5)c5ccccc5)sc4c3s2)cc1. The van der Waals surface area contributed by atoms with Crippen molar-refractivity contribution in [3.05, 3.63) is 146 Å². The maximum absolute atomic E-state index is 2.35. The molecule has 0 spiro atoms. The van der Waals surface area contributed by atoms with Crippen LogP contribution in [0.3, 0.4) is 0 Å². The van der Waals surface area contributed by atoms with Crippen LogP contribution in [0.5, 0.6) is 0 Å². The average Bonchev–Trinajstić information content (AvgIpc) is 3.60. The van der Waals surface area contributed by atoms with Crippen LogP contribution >= 0.6 is 22.7 Å². The lowest BCUT2D eigenvalue weighted by Gasteiger charge is -2.23. The van der Waals surface area contributed by atoms with Crippen LogP contribution in [-0.2, 0) is 0 Å². The molecule has 2 aromatic heterocycles. The van der Waals surface area contributed by atoms with Crippen molar-refractivity contribution in [3.63, 3.8) is 0 Å². The first-order valence-corrected chi connectivity index (χ1v) is 14.2. The van der Waals surface area contributed by atoms with Gasteiger partial charge >= 0.3 is 0 Å². The summed E-state index contributed by atoms with van der Waals surface area (Å²) in [5.41, 5.74) is 4.64. The van der Waals surface area contributed by atoms with E-state index >= 15 is 0 Å². The highest BCUT2D eigenvalue weighted by molar-refractivity contribution is 7.30. The van der Waals surface area contributed by atoms with Gasteiger partial charge in [-0.3, -0.25) is 0 Å². The second kappa shape index (κ2) is 9.82. The Balaban J connectivity index is 1.39. The number of anilines is 6. The van der Waals surface area contributed by atoms with Crippen LogP contribution in [0.4, 0.5) is 32.8 Å². The van der Waals surface area contributed by atoms with Gasteiger partial charge < -0.3 is 9.80 Å². The van der Waals surface area contributed by atoms with Crippen molar-refractivity contribution in [2.45, 2.75) is 0 Å². The summed E-state index contributed by atoms with van der Waals surface area (Å²) in [4.78, 5) is 4.70. The van der Waals surface area contributed by atoms with Gasteiger partial charge in [0.15, 0.2) is 0 Å². The van der Waals surface area contributed by atoms with Gasteiger partial charge in [0, 0.05) is 22.7 Å². The molecule has 0 saturated carbocycles. The molecule has 0 aliphatic heterocycles. The summed E-state index contributed by atoms with van der Waals surface area (Å²) in [6.07, 6.45) is 0. The minimum absolute atomic E-state index is 1.16. The zero-order chi connectivity index (χ0) is 25.3. The Morgan fingerprint density at radius 3 is 0.921 bits per heavy atom. The molecule has 0 unspecified atom stereocenters. The van der Waals surface area contributed by atoms with Gasteiger partial charge in [-0.2, -0.15) is 0 Å². The van der Waals surface area contributed by atoms with Crippen molar-refractivity contribution in [1.29, 1.82) is 0 Å². The number of rotatable bonds is 6. The predicted octanol–water partition coefficient (Wildman–Crippen LogP) is 11.1. The molecule has 0 radical (unpaired) electrons. The standard InChI is InChI=1S/C34H24N2S2/c1-5-13-27(14-6-1)35(28-15-7-2-8-16-28)31-23-25-21-22-26-24-32(38-34(26)33(25)37-31)36(29-17-9-3-10-18-29)30-19-11-4-12-20-30/h1-24H. The molecule has 0 bridgehead atoms. The second-order valence-corrected chi connectivity index (χ2v) is 11.1. The van der Waals surface area contributed by atoms with E-state index in [-0.39, 0.29) is 0 Å². The van der Waals surface area contributed by atoms with Gasteiger partial charge in [0.2, 0.25) is 0 Å². The predicted molar refractivity (Wildman–Crippen MR) is 167 cm³/mol. The van der Waals surface area contributed by atoms with Gasteiger partial charge in [-0.05, 0) is 71.4 Å². The minimum Gasteiger partial charge on any atom is -0.302 e. The molecular weight excluding hydrogens is 501 g/mol. The molecule has 2 heterocycles. The summed E-state index contributed by atoms with van der Waals surface area (Å²) in [7, 11) is 0. The van der Waals surface area contributed by atoms with E-state index in [9.17, 15) is 0 Å². The molecular formula is C34H24N2S2. The lowest BCUT2D eigenvalue weighted by molar-refractivity contribution is 1.32. The van der Waals surface area contributed by atoms with Crippen LogP contribution in [0.2, 0.25) is 0 Å². The van der Waals surface area contributed by atoms with Crippen molar-refractivity contribution in [2.75, 3.05) is 9.80 Å². The highest BCUT2D eigenvalue weighted by Crippen LogP contribution is 2.48. The Morgan fingerprint density at radius 1 is 0.342 bits per heavy atom. The van der Waals surface area contributed by atoms with E-state index in [1.54, 1.807) is 0 Å². The van der Waals surface area contributed by atoms with Crippen LogP contribution in [0, 0.1) is 0 Å². The largest absolute Gasteiger partial charge is 0.302 e. The van der Waals surface area contributed by atoms with Crippen molar-refractivity contribution >= 4 is 75.6 Å². The molecule has 7 aromatic rings. The van der Waals surface area contributed by atoms with Crippen LogP contribution in [0.1, 0.15) is 0 Å². The van der Waals surface area contributed by atoms with E-state index in [0.29, 0.717) is 0 Å². The fourth-order valence-corrected chi connectivity index (χ4v) is 7.46. The third-order valence-corrected chi connectivity index (χ3v) is 9.08. The topological polar surface area (TPSA) is 6.48 Å². The summed E-state index contributed by atoms with van der Waals surface area (Å²) >= 11 is 3.72. The molecule has 0 amide bonds. The van der Waals surface area contributed by atoms with Crippen LogP contribution < -0.4 is 9.80 Å². The molecule has 0 aliphatic rings. The highest BCUT2D eigenvalue weighted by atomic mass is 32.1. The second-order valence-electron chi connectivity index (χ2n) is 9.08. The lowest BCUT2D eigenvalue weighted by Crippen LogP contribution is -2.07. The Morgan fingerprint density at radius 2 is 0.632 bits per heavy atom. The highest BCUT2D eigenvalue weighted by Gasteiger charge is 2.19. The first-order valence-electron chi connectivity index (χ1n) is 12.6. The first kappa shape index (κ1) is 22.8. The number of para-hydroxylation sites is 4. The summed E-state index contributed by atoms with van der Waals surface area (Å²) in [5.74, 6) is 0. The Bertz CT molecular complexity index is 1590. The van der Waals surface area contributed by atoms with Crippen molar-refractivity contribution in [3.8, 4) is 0 Å². The summed E-state index contributed by atoms with van der Waals surface area (Å²) in [6, 6.07) is 51.7. The third-order valence-electron chi connectivity index (χ3n) is 6.64. The van der Waals surface area contributed by atoms with E-state index in [4.69, 9.17) is 0 Å². The van der Waals surface area contributed by atoms with Gasteiger partial charge in [-0.15, -0.1) is 22.7 Å². The van der Waals surface area contributed by atoms with Gasteiger partial charge in [0.05, 0.1) is 9.40 Å². The third kappa shape index (κ3) is 4.14. The van der Waals surface area contributed by atoms with E-state index in [0.717, 1.165) is 22.7 Å². The van der Waals surface area contributed by atoms with Gasteiger partial charge in [0.1, 0.15) is 10.0 Å². The maximum atomic E-state index is 2.35. The number of hydrogen-bond donors (Lipinski definition) is 0. The molecule has 0 aliphatic carbocycles. The number of hydrogen-bond acceptors (Lipinski definition) is 4. The number of fused-ring (bicyclic) bond motifs is 3. The van der Waals surface area contributed by atoms with Gasteiger partial charge in [-0.25, -0.2) is 0 Å². The molecule has 4 heteroatoms.